The average molecular weight is 435 g/mol. The van der Waals surface area contributed by atoms with Crippen molar-refractivity contribution in [1.29, 1.82) is 0 Å². The summed E-state index contributed by atoms with van der Waals surface area (Å²) in [4.78, 5) is 39.7. The molecule has 1 aliphatic rings. The van der Waals surface area contributed by atoms with Crippen LogP contribution in [0.4, 0.5) is 4.79 Å². The second-order valence-corrected chi connectivity index (χ2v) is 9.93. The summed E-state index contributed by atoms with van der Waals surface area (Å²) in [6, 6.07) is 7.35. The Morgan fingerprint density at radius 2 is 1.74 bits per heavy atom. The van der Waals surface area contributed by atoms with E-state index in [1.54, 1.807) is 20.8 Å². The van der Waals surface area contributed by atoms with Crippen LogP contribution in [-0.2, 0) is 25.7 Å². The minimum atomic E-state index is -0.953. The highest BCUT2D eigenvalue weighted by atomic mass is 16.6. The van der Waals surface area contributed by atoms with Crippen molar-refractivity contribution in [2.75, 3.05) is 6.54 Å². The Morgan fingerprint density at radius 1 is 1.13 bits per heavy atom. The number of likely N-dealkylation sites (tertiary alicyclic amines) is 1. The first-order valence-electron chi connectivity index (χ1n) is 10.5. The van der Waals surface area contributed by atoms with E-state index < -0.39 is 47.2 Å². The van der Waals surface area contributed by atoms with Gasteiger partial charge in [-0.25, -0.2) is 9.59 Å². The Hall–Kier alpha value is -2.61. The lowest BCUT2D eigenvalue weighted by atomic mass is 9.85. The molecule has 1 aliphatic heterocycles. The molecule has 8 heteroatoms. The van der Waals surface area contributed by atoms with Gasteiger partial charge in [-0.05, 0) is 31.7 Å². The Morgan fingerprint density at radius 3 is 2.29 bits per heavy atom. The predicted molar refractivity (Wildman–Crippen MR) is 115 cm³/mol. The summed E-state index contributed by atoms with van der Waals surface area (Å²) in [7, 11) is 0. The van der Waals surface area contributed by atoms with E-state index in [1.807, 2.05) is 51.1 Å². The van der Waals surface area contributed by atoms with Crippen LogP contribution in [0.15, 0.2) is 30.3 Å². The first kappa shape index (κ1) is 24.7. The fraction of sp³-hybridized carbons (Fsp3) is 0.609. The zero-order valence-corrected chi connectivity index (χ0v) is 19.2. The monoisotopic (exact) mass is 434 g/mol. The number of carbonyl (C=O) groups is 3. The summed E-state index contributed by atoms with van der Waals surface area (Å²) in [6.07, 6.45) is -1.48. The van der Waals surface area contributed by atoms with Gasteiger partial charge in [0, 0.05) is 13.0 Å². The maximum atomic E-state index is 13.4. The Kier molecular flexibility index (Phi) is 7.70. The number of carbonyl (C=O) groups excluding carboxylic acids is 3. The number of benzene rings is 1. The summed E-state index contributed by atoms with van der Waals surface area (Å²) < 4.78 is 10.7. The molecular weight excluding hydrogens is 400 g/mol. The first-order valence-corrected chi connectivity index (χ1v) is 10.5. The molecule has 172 valence electrons. The second-order valence-electron chi connectivity index (χ2n) is 9.93. The maximum Gasteiger partial charge on any atom is 0.408 e. The molecule has 1 aromatic rings. The predicted octanol–water partition coefficient (Wildman–Crippen LogP) is 2.63. The molecule has 31 heavy (non-hydrogen) atoms. The molecular formula is C23H34N2O6. The zero-order valence-electron chi connectivity index (χ0n) is 19.2. The standard InChI is InChI=1S/C23H34N2O6/c1-22(2,3)18(24-21(29)30-14-15-10-8-7-9-11-15)19(27)25-13-16(26)12-17(25)20(28)31-23(4,5)6/h7-11,16-18,26H,12-14H2,1-6H3,(H,24,29)/t16-,17-,18+/m0/s1. The molecule has 1 heterocycles. The third kappa shape index (κ3) is 7.24. The number of hydrogen-bond donors (Lipinski definition) is 2. The number of aliphatic hydroxyl groups is 1. The van der Waals surface area contributed by atoms with E-state index in [0.717, 1.165) is 5.56 Å². The van der Waals surface area contributed by atoms with Gasteiger partial charge in [-0.1, -0.05) is 51.1 Å². The van der Waals surface area contributed by atoms with Crippen molar-refractivity contribution in [3.63, 3.8) is 0 Å². The van der Waals surface area contributed by atoms with E-state index in [-0.39, 0.29) is 19.6 Å². The Bertz CT molecular complexity index is 781. The number of nitrogens with zero attached hydrogens (tertiary/aromatic N) is 1. The van der Waals surface area contributed by atoms with E-state index in [4.69, 9.17) is 9.47 Å². The van der Waals surface area contributed by atoms with Crippen LogP contribution in [0.1, 0.15) is 53.5 Å². The highest BCUT2D eigenvalue weighted by Crippen LogP contribution is 2.27. The quantitative estimate of drug-likeness (QED) is 0.691. The SMILES string of the molecule is CC(C)(C)OC(=O)[C@@H]1C[C@H](O)CN1C(=O)[C@@H](NC(=O)OCc1ccccc1)C(C)(C)C. The number of aliphatic hydroxyl groups excluding tert-OH is 1. The van der Waals surface area contributed by atoms with Gasteiger partial charge < -0.3 is 24.8 Å². The van der Waals surface area contributed by atoms with E-state index in [0.29, 0.717) is 0 Å². The summed E-state index contributed by atoms with van der Waals surface area (Å²) in [6.45, 7) is 10.7. The third-order valence-electron chi connectivity index (χ3n) is 4.83. The molecule has 1 aromatic carbocycles. The number of ether oxygens (including phenoxy) is 2. The van der Waals surface area contributed by atoms with Crippen molar-refractivity contribution in [3.8, 4) is 0 Å². The fourth-order valence-corrected chi connectivity index (χ4v) is 3.35. The number of β-amino-alcohol motifs (C(OH)–C–C–N with tert-alkyl or cyclic N) is 1. The van der Waals surface area contributed by atoms with Gasteiger partial charge in [0.05, 0.1) is 6.10 Å². The highest BCUT2D eigenvalue weighted by molar-refractivity contribution is 5.91. The smallest absolute Gasteiger partial charge is 0.408 e. The molecule has 0 aliphatic carbocycles. The minimum absolute atomic E-state index is 0.00390. The number of amides is 2. The average Bonchev–Trinajstić information content (AvgIpc) is 3.04. The first-order chi connectivity index (χ1) is 14.3. The van der Waals surface area contributed by atoms with Gasteiger partial charge in [0.2, 0.25) is 5.91 Å². The maximum absolute atomic E-state index is 13.4. The molecule has 2 rings (SSSR count). The van der Waals surface area contributed by atoms with Crippen molar-refractivity contribution in [2.24, 2.45) is 5.41 Å². The molecule has 1 saturated heterocycles. The van der Waals surface area contributed by atoms with Crippen LogP contribution in [0.25, 0.3) is 0 Å². The van der Waals surface area contributed by atoms with Crippen molar-refractivity contribution in [3.05, 3.63) is 35.9 Å². The van der Waals surface area contributed by atoms with Crippen LogP contribution in [0, 0.1) is 5.41 Å². The van der Waals surface area contributed by atoms with Gasteiger partial charge >= 0.3 is 12.1 Å². The molecule has 0 bridgehead atoms. The molecule has 0 saturated carbocycles. The number of rotatable bonds is 5. The van der Waals surface area contributed by atoms with Crippen molar-refractivity contribution < 1.29 is 29.0 Å². The number of esters is 1. The van der Waals surface area contributed by atoms with E-state index in [2.05, 4.69) is 5.32 Å². The van der Waals surface area contributed by atoms with E-state index >= 15 is 0 Å². The highest BCUT2D eigenvalue weighted by Gasteiger charge is 2.45. The van der Waals surface area contributed by atoms with Gasteiger partial charge in [-0.15, -0.1) is 0 Å². The molecule has 0 radical (unpaired) electrons. The van der Waals surface area contributed by atoms with E-state index in [1.165, 1.54) is 4.90 Å². The van der Waals surface area contributed by atoms with Crippen LogP contribution >= 0.6 is 0 Å². The molecule has 0 aromatic heterocycles. The largest absolute Gasteiger partial charge is 0.458 e. The molecule has 1 fully saturated rings. The van der Waals surface area contributed by atoms with Crippen LogP contribution in [0.3, 0.4) is 0 Å². The Balaban J connectivity index is 2.12. The Labute approximate surface area is 183 Å². The van der Waals surface area contributed by atoms with Gasteiger partial charge in [0.1, 0.15) is 24.3 Å². The minimum Gasteiger partial charge on any atom is -0.458 e. The summed E-state index contributed by atoms with van der Waals surface area (Å²) in [5.41, 5.74) is -0.555. The lowest BCUT2D eigenvalue weighted by molar-refractivity contribution is -0.164. The van der Waals surface area contributed by atoms with Crippen molar-refractivity contribution in [2.45, 2.75) is 78.4 Å². The molecule has 2 amide bonds. The lowest BCUT2D eigenvalue weighted by Gasteiger charge is -2.35. The van der Waals surface area contributed by atoms with Crippen LogP contribution in [0.2, 0.25) is 0 Å². The zero-order chi connectivity index (χ0) is 23.4. The third-order valence-corrected chi connectivity index (χ3v) is 4.83. The lowest BCUT2D eigenvalue weighted by Crippen LogP contribution is -2.57. The van der Waals surface area contributed by atoms with Gasteiger partial charge in [0.15, 0.2) is 0 Å². The molecule has 3 atom stereocenters. The number of nitrogens with one attached hydrogen (secondary N) is 1. The normalized spacial score (nSPS) is 20.2. The topological polar surface area (TPSA) is 105 Å². The number of alkyl carbamates (subject to hydrolysis) is 1. The van der Waals surface area contributed by atoms with Crippen LogP contribution in [0.5, 0.6) is 0 Å². The van der Waals surface area contributed by atoms with E-state index in [9.17, 15) is 19.5 Å². The summed E-state index contributed by atoms with van der Waals surface area (Å²) in [5.74, 6) is -1.03. The van der Waals surface area contributed by atoms with Crippen molar-refractivity contribution >= 4 is 18.0 Å². The molecule has 0 unspecified atom stereocenters. The summed E-state index contributed by atoms with van der Waals surface area (Å²) in [5, 5.41) is 12.8. The molecule has 8 nitrogen and oxygen atoms in total. The second kappa shape index (κ2) is 9.68. The molecule has 0 spiro atoms. The van der Waals surface area contributed by atoms with Gasteiger partial charge in [0.25, 0.3) is 0 Å². The summed E-state index contributed by atoms with van der Waals surface area (Å²) >= 11 is 0. The number of hydrogen-bond acceptors (Lipinski definition) is 6. The fourth-order valence-electron chi connectivity index (χ4n) is 3.35. The van der Waals surface area contributed by atoms with Crippen molar-refractivity contribution in [1.82, 2.24) is 10.2 Å². The molecule has 2 N–H and O–H groups in total. The van der Waals surface area contributed by atoms with Crippen LogP contribution < -0.4 is 5.32 Å². The van der Waals surface area contributed by atoms with Crippen LogP contribution in [-0.4, -0.2) is 58.3 Å². The van der Waals surface area contributed by atoms with Gasteiger partial charge in [-0.3, -0.25) is 4.79 Å². The van der Waals surface area contributed by atoms with Gasteiger partial charge in [-0.2, -0.15) is 0 Å².